The summed E-state index contributed by atoms with van der Waals surface area (Å²) in [4.78, 5) is 2.42. The van der Waals surface area contributed by atoms with E-state index in [1.165, 1.54) is 44.2 Å². The van der Waals surface area contributed by atoms with Crippen LogP contribution >= 0.6 is 0 Å². The number of ether oxygens (including phenoxy) is 1. The van der Waals surface area contributed by atoms with Crippen LogP contribution in [0.1, 0.15) is 25.0 Å². The van der Waals surface area contributed by atoms with Crippen LogP contribution in [0.4, 0.5) is 17.1 Å². The number of para-hydroxylation sites is 2. The fourth-order valence-corrected chi connectivity index (χ4v) is 7.55. The lowest BCUT2D eigenvalue weighted by atomic mass is 9.82. The SMILES string of the molecule is CC1(C)c2ccccc2-c2ccc(N(c3ccccc3)c3cccc4ccc5c(c34)-c3ccccc3-c3ccccc3O5)cc21. The summed E-state index contributed by atoms with van der Waals surface area (Å²) in [6, 6.07) is 54.6. The lowest BCUT2D eigenvalue weighted by molar-refractivity contribution is 0.488. The second-order valence-electron chi connectivity index (χ2n) is 12.5. The van der Waals surface area contributed by atoms with Gasteiger partial charge in [0, 0.05) is 33.3 Å². The van der Waals surface area contributed by atoms with E-state index < -0.39 is 0 Å². The highest BCUT2D eigenvalue weighted by atomic mass is 16.5. The van der Waals surface area contributed by atoms with Crippen LogP contribution in [0.15, 0.2) is 152 Å². The van der Waals surface area contributed by atoms with Crippen LogP contribution in [-0.4, -0.2) is 0 Å². The van der Waals surface area contributed by atoms with Gasteiger partial charge in [-0.05, 0) is 81.2 Å². The van der Waals surface area contributed by atoms with Crippen LogP contribution in [0, 0.1) is 0 Å². The molecule has 9 rings (SSSR count). The van der Waals surface area contributed by atoms with Crippen molar-refractivity contribution in [1.82, 2.24) is 0 Å². The smallest absolute Gasteiger partial charge is 0.136 e. The van der Waals surface area contributed by atoms with Crippen molar-refractivity contribution < 1.29 is 4.74 Å². The molecule has 214 valence electrons. The standard InChI is InChI=1S/C43H31NO/c1-43(2)36-20-10-8-17-32(36)33-25-24-30(27-37(33)43)44(29-14-4-3-5-15-29)38-21-12-13-28-23-26-40-42(41(28)38)35-19-7-6-16-31(35)34-18-9-11-22-39(34)45-40/h3-27H,1-2H3. The first kappa shape index (κ1) is 25.9. The topological polar surface area (TPSA) is 12.5 Å². The summed E-state index contributed by atoms with van der Waals surface area (Å²) in [5.41, 5.74) is 13.2. The van der Waals surface area contributed by atoms with Gasteiger partial charge < -0.3 is 9.64 Å². The maximum atomic E-state index is 6.74. The predicted octanol–water partition coefficient (Wildman–Crippen LogP) is 12.1. The highest BCUT2D eigenvalue weighted by molar-refractivity contribution is 6.12. The molecule has 2 nitrogen and oxygen atoms in total. The van der Waals surface area contributed by atoms with Crippen LogP contribution in [0.3, 0.4) is 0 Å². The van der Waals surface area contributed by atoms with Gasteiger partial charge in [-0.2, -0.15) is 0 Å². The third kappa shape index (κ3) is 3.82. The molecular formula is C43H31NO. The van der Waals surface area contributed by atoms with Crippen molar-refractivity contribution >= 4 is 27.8 Å². The van der Waals surface area contributed by atoms with Crippen molar-refractivity contribution in [3.8, 4) is 44.9 Å². The first-order valence-electron chi connectivity index (χ1n) is 15.6. The second-order valence-corrected chi connectivity index (χ2v) is 12.5. The summed E-state index contributed by atoms with van der Waals surface area (Å²) in [5, 5.41) is 2.34. The van der Waals surface area contributed by atoms with Gasteiger partial charge in [-0.15, -0.1) is 0 Å². The van der Waals surface area contributed by atoms with Crippen LogP contribution < -0.4 is 9.64 Å². The van der Waals surface area contributed by atoms with Gasteiger partial charge in [-0.3, -0.25) is 0 Å². The monoisotopic (exact) mass is 577 g/mol. The van der Waals surface area contributed by atoms with Gasteiger partial charge in [0.25, 0.3) is 0 Å². The largest absolute Gasteiger partial charge is 0.456 e. The van der Waals surface area contributed by atoms with E-state index in [-0.39, 0.29) is 5.41 Å². The van der Waals surface area contributed by atoms with Gasteiger partial charge in [0.1, 0.15) is 11.5 Å². The first-order chi connectivity index (χ1) is 22.1. The minimum atomic E-state index is -0.0985. The van der Waals surface area contributed by atoms with E-state index in [4.69, 9.17) is 4.74 Å². The molecule has 0 atom stereocenters. The first-order valence-corrected chi connectivity index (χ1v) is 15.6. The van der Waals surface area contributed by atoms with E-state index in [2.05, 4.69) is 164 Å². The molecule has 1 aliphatic heterocycles. The molecule has 0 aromatic heterocycles. The zero-order valence-electron chi connectivity index (χ0n) is 25.3. The molecule has 0 fully saturated rings. The van der Waals surface area contributed by atoms with Crippen molar-refractivity contribution in [3.05, 3.63) is 163 Å². The molecule has 7 aromatic carbocycles. The van der Waals surface area contributed by atoms with Gasteiger partial charge in [0.15, 0.2) is 0 Å². The predicted molar refractivity (Wildman–Crippen MR) is 187 cm³/mol. The Morgan fingerprint density at radius 1 is 0.467 bits per heavy atom. The van der Waals surface area contributed by atoms with Gasteiger partial charge in [-0.1, -0.05) is 123 Å². The molecule has 45 heavy (non-hydrogen) atoms. The van der Waals surface area contributed by atoms with Gasteiger partial charge in [0.05, 0.1) is 5.69 Å². The van der Waals surface area contributed by atoms with Crippen molar-refractivity contribution in [3.63, 3.8) is 0 Å². The highest BCUT2D eigenvalue weighted by Gasteiger charge is 2.36. The fourth-order valence-electron chi connectivity index (χ4n) is 7.55. The zero-order chi connectivity index (χ0) is 30.1. The number of anilines is 3. The Hall–Kier alpha value is -5.60. The van der Waals surface area contributed by atoms with Gasteiger partial charge in [0.2, 0.25) is 0 Å². The second kappa shape index (κ2) is 9.70. The molecule has 2 heteroatoms. The molecule has 1 aliphatic carbocycles. The van der Waals surface area contributed by atoms with E-state index in [0.717, 1.165) is 39.7 Å². The fraction of sp³-hybridized carbons (Fsp3) is 0.0698. The van der Waals surface area contributed by atoms with Crippen molar-refractivity contribution in [2.24, 2.45) is 0 Å². The Labute approximate surface area is 263 Å². The molecule has 0 amide bonds. The summed E-state index contributed by atoms with van der Waals surface area (Å²) in [7, 11) is 0. The molecule has 0 spiro atoms. The van der Waals surface area contributed by atoms with Crippen molar-refractivity contribution in [2.75, 3.05) is 4.90 Å². The minimum Gasteiger partial charge on any atom is -0.456 e. The van der Waals surface area contributed by atoms with Gasteiger partial charge >= 0.3 is 0 Å². The Morgan fingerprint density at radius 3 is 2.00 bits per heavy atom. The van der Waals surface area contributed by atoms with Crippen molar-refractivity contribution in [2.45, 2.75) is 19.3 Å². The maximum absolute atomic E-state index is 6.74. The molecule has 1 heterocycles. The van der Waals surface area contributed by atoms with Crippen LogP contribution in [-0.2, 0) is 5.41 Å². The summed E-state index contributed by atoms with van der Waals surface area (Å²) in [6.45, 7) is 4.69. The number of rotatable bonds is 3. The maximum Gasteiger partial charge on any atom is 0.136 e. The van der Waals surface area contributed by atoms with Crippen LogP contribution in [0.25, 0.3) is 44.2 Å². The summed E-state index contributed by atoms with van der Waals surface area (Å²) in [5.74, 6) is 1.74. The van der Waals surface area contributed by atoms with Crippen molar-refractivity contribution in [1.29, 1.82) is 0 Å². The highest BCUT2D eigenvalue weighted by Crippen LogP contribution is 2.54. The Balaban J connectivity index is 1.34. The van der Waals surface area contributed by atoms with E-state index >= 15 is 0 Å². The normalized spacial score (nSPS) is 13.5. The van der Waals surface area contributed by atoms with E-state index in [1.54, 1.807) is 0 Å². The number of fused-ring (bicyclic) bond motifs is 10. The molecular weight excluding hydrogens is 546 g/mol. The molecule has 7 aromatic rings. The number of benzene rings is 7. The average Bonchev–Trinajstić information content (AvgIpc) is 3.21. The molecule has 0 bridgehead atoms. The molecule has 0 saturated heterocycles. The lowest BCUT2D eigenvalue weighted by Crippen LogP contribution is -2.16. The van der Waals surface area contributed by atoms with E-state index in [9.17, 15) is 0 Å². The average molecular weight is 578 g/mol. The third-order valence-corrected chi connectivity index (χ3v) is 9.66. The number of hydrogen-bond acceptors (Lipinski definition) is 2. The molecule has 0 radical (unpaired) electrons. The third-order valence-electron chi connectivity index (χ3n) is 9.66. The Bertz CT molecular complexity index is 2280. The molecule has 0 N–H and O–H groups in total. The minimum absolute atomic E-state index is 0.0985. The Kier molecular flexibility index (Phi) is 5.58. The lowest BCUT2D eigenvalue weighted by Gasteiger charge is -2.30. The molecule has 2 aliphatic rings. The number of hydrogen-bond donors (Lipinski definition) is 0. The summed E-state index contributed by atoms with van der Waals surface area (Å²) >= 11 is 0. The van der Waals surface area contributed by atoms with Gasteiger partial charge in [-0.25, -0.2) is 0 Å². The molecule has 0 unspecified atom stereocenters. The summed E-state index contributed by atoms with van der Waals surface area (Å²) < 4.78 is 6.74. The van der Waals surface area contributed by atoms with Crippen LogP contribution in [0.5, 0.6) is 11.5 Å². The Morgan fingerprint density at radius 2 is 1.16 bits per heavy atom. The van der Waals surface area contributed by atoms with Crippen LogP contribution in [0.2, 0.25) is 0 Å². The van der Waals surface area contributed by atoms with E-state index in [1.807, 2.05) is 6.07 Å². The zero-order valence-corrected chi connectivity index (χ0v) is 25.3. The van der Waals surface area contributed by atoms with E-state index in [0.29, 0.717) is 0 Å². The summed E-state index contributed by atoms with van der Waals surface area (Å²) in [6.07, 6.45) is 0. The molecule has 0 saturated carbocycles. The quantitative estimate of drug-likeness (QED) is 0.207. The number of nitrogens with zero attached hydrogens (tertiary/aromatic N) is 1.